The third-order valence-corrected chi connectivity index (χ3v) is 5.15. The predicted molar refractivity (Wildman–Crippen MR) is 91.1 cm³/mol. The fourth-order valence-electron chi connectivity index (χ4n) is 3.56. The number of nitrogens with zero attached hydrogens (tertiary/aromatic N) is 2. The van der Waals surface area contributed by atoms with Crippen LogP contribution in [0.2, 0.25) is 0 Å². The first kappa shape index (κ1) is 14.9. The van der Waals surface area contributed by atoms with E-state index in [1.54, 1.807) is 0 Å². The van der Waals surface area contributed by atoms with E-state index in [9.17, 15) is 0 Å². The van der Waals surface area contributed by atoms with Crippen molar-refractivity contribution in [3.63, 3.8) is 0 Å². The summed E-state index contributed by atoms with van der Waals surface area (Å²) in [5.41, 5.74) is 3.97. The first-order chi connectivity index (χ1) is 9.59. The number of rotatable bonds is 1. The highest BCUT2D eigenvalue weighted by Gasteiger charge is 2.53. The summed E-state index contributed by atoms with van der Waals surface area (Å²) < 4.78 is 0. The van der Waals surface area contributed by atoms with Crippen molar-refractivity contribution in [1.29, 1.82) is 0 Å². The highest BCUT2D eigenvalue weighted by molar-refractivity contribution is 5.52. The van der Waals surface area contributed by atoms with Gasteiger partial charge in [-0.15, -0.1) is 0 Å². The van der Waals surface area contributed by atoms with E-state index in [1.165, 1.54) is 37.4 Å². The molecule has 2 aliphatic rings. The van der Waals surface area contributed by atoms with Gasteiger partial charge >= 0.3 is 0 Å². The third kappa shape index (κ3) is 2.70. The molecule has 0 saturated carbocycles. The summed E-state index contributed by atoms with van der Waals surface area (Å²) in [6.45, 7) is 18.8. The molecule has 0 amide bonds. The van der Waals surface area contributed by atoms with E-state index in [0.29, 0.717) is 11.0 Å². The predicted octanol–water partition coefficient (Wildman–Crippen LogP) is 3.90. The van der Waals surface area contributed by atoms with Gasteiger partial charge in [0.2, 0.25) is 0 Å². The second-order valence-corrected chi connectivity index (χ2v) is 9.18. The minimum atomic E-state index is 0.246. The summed E-state index contributed by atoms with van der Waals surface area (Å²) in [5, 5.41) is 0. The van der Waals surface area contributed by atoms with Crippen LogP contribution in [-0.2, 0) is 5.41 Å². The van der Waals surface area contributed by atoms with Crippen molar-refractivity contribution >= 4 is 5.69 Å². The van der Waals surface area contributed by atoms with Gasteiger partial charge < -0.3 is 4.90 Å². The molecule has 116 valence electrons. The van der Waals surface area contributed by atoms with E-state index < -0.39 is 0 Å². The summed E-state index contributed by atoms with van der Waals surface area (Å²) in [6.07, 6.45) is 0. The second kappa shape index (κ2) is 4.49. The van der Waals surface area contributed by atoms with Gasteiger partial charge in [0.15, 0.2) is 0 Å². The Bertz CT molecular complexity index is 502. The number of likely N-dealkylation sites (tertiary alicyclic amines) is 1. The monoisotopic (exact) mass is 286 g/mol. The van der Waals surface area contributed by atoms with E-state index >= 15 is 0 Å². The lowest BCUT2D eigenvalue weighted by atomic mass is 9.70. The van der Waals surface area contributed by atoms with Crippen LogP contribution >= 0.6 is 0 Å². The molecule has 21 heavy (non-hydrogen) atoms. The molecule has 2 saturated heterocycles. The molecule has 0 bridgehead atoms. The molecular formula is C19H30N2. The zero-order valence-corrected chi connectivity index (χ0v) is 14.5. The molecule has 0 N–H and O–H groups in total. The molecule has 0 radical (unpaired) electrons. The zero-order chi connectivity index (χ0) is 15.5. The third-order valence-electron chi connectivity index (χ3n) is 5.15. The van der Waals surface area contributed by atoms with Crippen LogP contribution in [0.3, 0.4) is 0 Å². The van der Waals surface area contributed by atoms with Gasteiger partial charge in [-0.2, -0.15) is 0 Å². The fraction of sp³-hybridized carbons (Fsp3) is 0.684. The van der Waals surface area contributed by atoms with E-state index in [2.05, 4.69) is 75.6 Å². The topological polar surface area (TPSA) is 6.48 Å². The highest BCUT2D eigenvalue weighted by atomic mass is 15.3. The molecule has 2 heteroatoms. The summed E-state index contributed by atoms with van der Waals surface area (Å²) in [6, 6.07) is 9.19. The maximum atomic E-state index is 2.60. The Kier molecular flexibility index (Phi) is 3.18. The van der Waals surface area contributed by atoms with Gasteiger partial charge in [0.05, 0.1) is 0 Å². The highest BCUT2D eigenvalue weighted by Crippen LogP contribution is 2.44. The van der Waals surface area contributed by atoms with Crippen LogP contribution in [0.1, 0.15) is 47.1 Å². The van der Waals surface area contributed by atoms with Crippen molar-refractivity contribution < 1.29 is 0 Å². The average molecular weight is 286 g/mol. The summed E-state index contributed by atoms with van der Waals surface area (Å²) in [7, 11) is 0. The smallest absolute Gasteiger partial charge is 0.0366 e. The minimum Gasteiger partial charge on any atom is -0.370 e. The Morgan fingerprint density at radius 2 is 1.33 bits per heavy atom. The first-order valence-corrected chi connectivity index (χ1v) is 8.20. The van der Waals surface area contributed by atoms with E-state index in [-0.39, 0.29) is 5.41 Å². The molecule has 2 aliphatic heterocycles. The van der Waals surface area contributed by atoms with Crippen LogP contribution in [0, 0.1) is 5.41 Å². The standard InChI is InChI=1S/C19H30N2/c1-17(2,3)15-7-9-16(10-8-15)20-11-19(12-20)13-21(14-19)18(4,5)6/h7-10H,11-14H2,1-6H3. The van der Waals surface area contributed by atoms with Gasteiger partial charge in [0.1, 0.15) is 0 Å². The van der Waals surface area contributed by atoms with Crippen LogP contribution in [0.5, 0.6) is 0 Å². The minimum absolute atomic E-state index is 0.246. The zero-order valence-electron chi connectivity index (χ0n) is 14.5. The summed E-state index contributed by atoms with van der Waals surface area (Å²) in [4.78, 5) is 5.14. The first-order valence-electron chi connectivity index (χ1n) is 8.20. The van der Waals surface area contributed by atoms with Crippen molar-refractivity contribution in [2.45, 2.75) is 52.5 Å². The Morgan fingerprint density at radius 1 is 0.810 bits per heavy atom. The Balaban J connectivity index is 1.58. The van der Waals surface area contributed by atoms with E-state index in [1.807, 2.05) is 0 Å². The Morgan fingerprint density at radius 3 is 1.76 bits per heavy atom. The molecule has 0 atom stereocenters. The van der Waals surface area contributed by atoms with Gasteiger partial charge in [-0.3, -0.25) is 4.90 Å². The number of benzene rings is 1. The maximum absolute atomic E-state index is 2.60. The molecule has 0 aliphatic carbocycles. The van der Waals surface area contributed by atoms with Gasteiger partial charge in [0.25, 0.3) is 0 Å². The molecule has 2 heterocycles. The van der Waals surface area contributed by atoms with Crippen molar-refractivity contribution in [1.82, 2.24) is 4.90 Å². The molecular weight excluding hydrogens is 256 g/mol. The SMILES string of the molecule is CC(C)(C)c1ccc(N2CC3(C2)CN(C(C)(C)C)C3)cc1. The molecule has 0 aromatic heterocycles. The summed E-state index contributed by atoms with van der Waals surface area (Å²) in [5.74, 6) is 0. The molecule has 2 nitrogen and oxygen atoms in total. The van der Waals surface area contributed by atoms with E-state index in [0.717, 1.165) is 0 Å². The van der Waals surface area contributed by atoms with Crippen molar-refractivity contribution in [3.05, 3.63) is 29.8 Å². The van der Waals surface area contributed by atoms with Crippen LogP contribution in [0.25, 0.3) is 0 Å². The Labute approximate surface area is 130 Å². The molecule has 2 fully saturated rings. The Hall–Kier alpha value is -1.02. The van der Waals surface area contributed by atoms with Gasteiger partial charge in [-0.1, -0.05) is 32.9 Å². The average Bonchev–Trinajstić information content (AvgIpc) is 2.22. The van der Waals surface area contributed by atoms with Crippen LogP contribution in [0.4, 0.5) is 5.69 Å². The second-order valence-electron chi connectivity index (χ2n) is 9.18. The maximum Gasteiger partial charge on any atom is 0.0366 e. The quantitative estimate of drug-likeness (QED) is 0.772. The van der Waals surface area contributed by atoms with Crippen LogP contribution in [-0.4, -0.2) is 36.6 Å². The number of hydrogen-bond acceptors (Lipinski definition) is 2. The summed E-state index contributed by atoms with van der Waals surface area (Å²) >= 11 is 0. The van der Waals surface area contributed by atoms with Crippen LogP contribution < -0.4 is 4.90 Å². The van der Waals surface area contributed by atoms with Crippen molar-refractivity contribution in [2.24, 2.45) is 5.41 Å². The lowest BCUT2D eigenvalue weighted by Gasteiger charge is -2.64. The van der Waals surface area contributed by atoms with Gasteiger partial charge in [-0.25, -0.2) is 0 Å². The normalized spacial score (nSPS) is 22.1. The van der Waals surface area contributed by atoms with Crippen molar-refractivity contribution in [2.75, 3.05) is 31.1 Å². The van der Waals surface area contributed by atoms with E-state index in [4.69, 9.17) is 0 Å². The largest absolute Gasteiger partial charge is 0.370 e. The molecule has 3 rings (SSSR count). The van der Waals surface area contributed by atoms with Crippen LogP contribution in [0.15, 0.2) is 24.3 Å². The lowest BCUT2D eigenvalue weighted by molar-refractivity contribution is -0.0742. The molecule has 1 aromatic rings. The van der Waals surface area contributed by atoms with Crippen molar-refractivity contribution in [3.8, 4) is 0 Å². The van der Waals surface area contributed by atoms with Gasteiger partial charge in [0, 0.05) is 42.8 Å². The van der Waals surface area contributed by atoms with Gasteiger partial charge in [-0.05, 0) is 43.9 Å². The number of hydrogen-bond donors (Lipinski definition) is 0. The molecule has 1 spiro atoms. The molecule has 0 unspecified atom stereocenters. The fourth-order valence-corrected chi connectivity index (χ4v) is 3.56. The number of anilines is 1. The lowest BCUT2D eigenvalue weighted by Crippen LogP contribution is -2.75. The molecule has 1 aromatic carbocycles.